The minimum absolute atomic E-state index is 0.546. The van der Waals surface area contributed by atoms with Gasteiger partial charge in [-0.2, -0.15) is 0 Å². The Balaban J connectivity index is 2.46. The molecule has 1 unspecified atom stereocenters. The van der Waals surface area contributed by atoms with Crippen LogP contribution in [0, 0.1) is 0 Å². The predicted octanol–water partition coefficient (Wildman–Crippen LogP) is 3.35. The minimum Gasteiger partial charge on any atom is -0.0836 e. The van der Waals surface area contributed by atoms with E-state index in [0.29, 0.717) is 5.31 Å². The van der Waals surface area contributed by atoms with Gasteiger partial charge in [0.15, 0.2) is 0 Å². The third kappa shape index (κ3) is 2.88. The van der Waals surface area contributed by atoms with Crippen molar-refractivity contribution in [3.63, 3.8) is 0 Å². The van der Waals surface area contributed by atoms with Gasteiger partial charge in [0.05, 0.1) is 0 Å². The summed E-state index contributed by atoms with van der Waals surface area (Å²) in [6.07, 6.45) is 5.85. The third-order valence-corrected chi connectivity index (χ3v) is 3.48. The molecule has 1 fully saturated rings. The van der Waals surface area contributed by atoms with Crippen LogP contribution in [-0.4, -0.2) is 14.0 Å². The van der Waals surface area contributed by atoms with Crippen LogP contribution in [0.15, 0.2) is 0 Å². The van der Waals surface area contributed by atoms with Crippen molar-refractivity contribution in [3.8, 4) is 0 Å². The molecular formula is C10H22B2. The highest BCUT2D eigenvalue weighted by Gasteiger charge is 2.29. The highest BCUT2D eigenvalue weighted by molar-refractivity contribution is 6.64. The Morgan fingerprint density at radius 1 is 1.25 bits per heavy atom. The number of hydrogen-bond acceptors (Lipinski definition) is 0. The molecule has 1 heterocycles. The molecule has 68 valence electrons. The Morgan fingerprint density at radius 3 is 2.50 bits per heavy atom. The third-order valence-electron chi connectivity index (χ3n) is 3.48. The van der Waals surface area contributed by atoms with Gasteiger partial charge in [-0.1, -0.05) is 64.2 Å². The molecule has 0 aromatic carbocycles. The Morgan fingerprint density at radius 2 is 1.92 bits per heavy atom. The molecule has 0 N–H and O–H groups in total. The summed E-state index contributed by atoms with van der Waals surface area (Å²) in [4.78, 5) is 0. The molecule has 0 spiro atoms. The van der Waals surface area contributed by atoms with Gasteiger partial charge in [-0.3, -0.25) is 0 Å². The lowest BCUT2D eigenvalue weighted by Gasteiger charge is -2.26. The van der Waals surface area contributed by atoms with Gasteiger partial charge < -0.3 is 0 Å². The van der Waals surface area contributed by atoms with E-state index in [-0.39, 0.29) is 0 Å². The van der Waals surface area contributed by atoms with Crippen molar-refractivity contribution >= 4 is 14.0 Å². The van der Waals surface area contributed by atoms with E-state index in [1.165, 1.54) is 32.7 Å². The Labute approximate surface area is 78.8 Å². The summed E-state index contributed by atoms with van der Waals surface area (Å²) in [6, 6.07) is 0. The molecule has 0 amide bonds. The lowest BCUT2D eigenvalue weighted by Crippen LogP contribution is -2.23. The first-order valence-electron chi connectivity index (χ1n) is 5.50. The second kappa shape index (κ2) is 3.89. The highest BCUT2D eigenvalue weighted by Crippen LogP contribution is 2.36. The molecule has 0 aromatic rings. The van der Waals surface area contributed by atoms with Crippen molar-refractivity contribution in [2.24, 2.45) is 0 Å². The van der Waals surface area contributed by atoms with E-state index in [4.69, 9.17) is 0 Å². The molecule has 0 bridgehead atoms. The molecule has 0 radical (unpaired) electrons. The van der Waals surface area contributed by atoms with Crippen molar-refractivity contribution in [1.29, 1.82) is 0 Å². The molecule has 1 aliphatic heterocycles. The summed E-state index contributed by atoms with van der Waals surface area (Å²) in [6.45, 7) is 10.6. The van der Waals surface area contributed by atoms with E-state index in [2.05, 4.69) is 27.7 Å². The van der Waals surface area contributed by atoms with Gasteiger partial charge in [0.1, 0.15) is 14.0 Å². The second-order valence-corrected chi connectivity index (χ2v) is 5.68. The summed E-state index contributed by atoms with van der Waals surface area (Å²) >= 11 is 0. The van der Waals surface area contributed by atoms with Crippen LogP contribution < -0.4 is 0 Å². The zero-order valence-electron chi connectivity index (χ0n) is 9.19. The molecular weight excluding hydrogens is 142 g/mol. The fraction of sp³-hybridized carbons (Fsp3) is 1.00. The predicted molar refractivity (Wildman–Crippen MR) is 61.1 cm³/mol. The average molecular weight is 164 g/mol. The van der Waals surface area contributed by atoms with Crippen molar-refractivity contribution in [2.75, 3.05) is 0 Å². The summed E-state index contributed by atoms with van der Waals surface area (Å²) in [5, 5.41) is 0.546. The van der Waals surface area contributed by atoms with E-state index in [9.17, 15) is 0 Å². The van der Waals surface area contributed by atoms with Crippen LogP contribution in [0.5, 0.6) is 0 Å². The van der Waals surface area contributed by atoms with Crippen LogP contribution in [-0.2, 0) is 0 Å². The zero-order valence-corrected chi connectivity index (χ0v) is 9.19. The Hall–Kier alpha value is 0.130. The maximum atomic E-state index is 2.41. The van der Waals surface area contributed by atoms with Gasteiger partial charge in [0, 0.05) is 0 Å². The van der Waals surface area contributed by atoms with E-state index in [1.807, 2.05) is 0 Å². The van der Waals surface area contributed by atoms with Crippen molar-refractivity contribution < 1.29 is 0 Å². The van der Waals surface area contributed by atoms with Crippen LogP contribution in [0.25, 0.3) is 0 Å². The molecule has 2 heteroatoms. The number of hydrogen-bond donors (Lipinski definition) is 0. The molecule has 1 saturated heterocycles. The van der Waals surface area contributed by atoms with Crippen LogP contribution in [0.2, 0.25) is 30.1 Å². The quantitative estimate of drug-likeness (QED) is 0.481. The molecule has 1 aliphatic rings. The van der Waals surface area contributed by atoms with Gasteiger partial charge >= 0.3 is 0 Å². The monoisotopic (exact) mass is 164 g/mol. The first-order valence-corrected chi connectivity index (χ1v) is 5.50. The fourth-order valence-electron chi connectivity index (χ4n) is 2.35. The lowest BCUT2D eigenvalue weighted by molar-refractivity contribution is 0.718. The summed E-state index contributed by atoms with van der Waals surface area (Å²) in [5.74, 6) is 0.984. The van der Waals surface area contributed by atoms with Crippen LogP contribution >= 0.6 is 0 Å². The van der Waals surface area contributed by atoms with Gasteiger partial charge in [0.25, 0.3) is 0 Å². The van der Waals surface area contributed by atoms with Gasteiger partial charge in [-0.25, -0.2) is 0 Å². The minimum atomic E-state index is 0.546. The second-order valence-electron chi connectivity index (χ2n) is 5.68. The topological polar surface area (TPSA) is 0 Å². The molecule has 0 saturated carbocycles. The summed E-state index contributed by atoms with van der Waals surface area (Å²) < 4.78 is 0. The molecule has 1 rings (SSSR count). The zero-order chi connectivity index (χ0) is 9.19. The van der Waals surface area contributed by atoms with Crippen LogP contribution in [0.4, 0.5) is 0 Å². The van der Waals surface area contributed by atoms with E-state index < -0.39 is 0 Å². The largest absolute Gasteiger partial charge is 0.144 e. The molecule has 0 nitrogen and oxygen atoms in total. The molecule has 0 aliphatic carbocycles. The Kier molecular flexibility index (Phi) is 3.31. The maximum Gasteiger partial charge on any atom is 0.144 e. The van der Waals surface area contributed by atoms with Crippen molar-refractivity contribution in [2.45, 2.75) is 64.2 Å². The normalized spacial score (nSPS) is 26.3. The highest BCUT2D eigenvalue weighted by atomic mass is 14.1. The van der Waals surface area contributed by atoms with E-state index in [1.54, 1.807) is 0 Å². The fourth-order valence-corrected chi connectivity index (χ4v) is 2.35. The first kappa shape index (κ1) is 10.2. The van der Waals surface area contributed by atoms with E-state index in [0.717, 1.165) is 12.5 Å². The standard InChI is InChI=1S/C10H22B2/c1-9-5-7-12(8-6-11-9)10(2,3)4/h9,11H,5-8H2,1-4H3. The van der Waals surface area contributed by atoms with Crippen LogP contribution in [0.3, 0.4) is 0 Å². The summed E-state index contributed by atoms with van der Waals surface area (Å²) in [7, 11) is 1.46. The van der Waals surface area contributed by atoms with E-state index >= 15 is 0 Å². The summed E-state index contributed by atoms with van der Waals surface area (Å²) in [5.41, 5.74) is 0. The van der Waals surface area contributed by atoms with Crippen molar-refractivity contribution in [3.05, 3.63) is 0 Å². The number of rotatable bonds is 0. The van der Waals surface area contributed by atoms with Crippen molar-refractivity contribution in [1.82, 2.24) is 0 Å². The first-order chi connectivity index (χ1) is 5.50. The maximum absolute atomic E-state index is 2.41. The van der Waals surface area contributed by atoms with Gasteiger partial charge in [-0.15, -0.1) is 0 Å². The molecule has 1 atom stereocenters. The van der Waals surface area contributed by atoms with Crippen LogP contribution in [0.1, 0.15) is 34.1 Å². The van der Waals surface area contributed by atoms with Gasteiger partial charge in [0.2, 0.25) is 0 Å². The molecule has 0 aromatic heterocycles. The molecule has 12 heavy (non-hydrogen) atoms. The lowest BCUT2D eigenvalue weighted by atomic mass is 9.31. The average Bonchev–Trinajstić information content (AvgIpc) is 2.11. The van der Waals surface area contributed by atoms with Gasteiger partial charge in [-0.05, 0) is 0 Å². The Bertz CT molecular complexity index is 137. The smallest absolute Gasteiger partial charge is 0.0836 e. The SMILES string of the molecule is CC1BCCB(C(C)(C)C)CC1.